The molecule has 0 N–H and O–H groups in total. The fraction of sp³-hybridized carbons (Fsp3) is 0.474. The van der Waals surface area contributed by atoms with E-state index in [1.165, 1.54) is 37.1 Å². The van der Waals surface area contributed by atoms with Crippen LogP contribution in [0.5, 0.6) is 11.5 Å². The number of nitrogens with zero attached hydrogens (tertiary/aromatic N) is 2. The van der Waals surface area contributed by atoms with Crippen LogP contribution < -0.4 is 15.0 Å². The lowest BCUT2D eigenvalue weighted by molar-refractivity contribution is -0.169. The van der Waals surface area contributed by atoms with Crippen molar-refractivity contribution in [3.63, 3.8) is 0 Å². The second-order valence-corrected chi connectivity index (χ2v) is 6.58. The highest BCUT2D eigenvalue weighted by atomic mass is 19.4. The monoisotopic (exact) mass is 398 g/mol. The van der Waals surface area contributed by atoms with Gasteiger partial charge in [-0.15, -0.1) is 0 Å². The summed E-state index contributed by atoms with van der Waals surface area (Å²) in [6.07, 6.45) is -3.02. The molecule has 2 aromatic rings. The third kappa shape index (κ3) is 3.29. The molecule has 6 nitrogen and oxygen atoms in total. The summed E-state index contributed by atoms with van der Waals surface area (Å²) in [5, 5.41) is 0.429. The Morgan fingerprint density at radius 2 is 1.79 bits per heavy atom. The van der Waals surface area contributed by atoms with Gasteiger partial charge < -0.3 is 18.9 Å². The van der Waals surface area contributed by atoms with Gasteiger partial charge in [0, 0.05) is 24.7 Å². The number of carbonyl (C=O) groups excluding carboxylic acids is 1. The summed E-state index contributed by atoms with van der Waals surface area (Å²) in [6.45, 7) is 2.01. The summed E-state index contributed by atoms with van der Waals surface area (Å²) in [5.41, 5.74) is -0.322. The number of rotatable bonds is 4. The molecule has 1 saturated heterocycles. The van der Waals surface area contributed by atoms with E-state index in [9.17, 15) is 22.8 Å². The standard InChI is InChI=1S/C19H21F3N2O4/c1-4-23-10-13(18(26)24-7-5-6-16(24)19(20,21)22)11-8-14(27-2)15(28-3)9-12(11)17(23)25/h8-10,16H,4-7H2,1-3H3. The van der Waals surface area contributed by atoms with E-state index in [1.54, 1.807) is 6.92 Å². The molecule has 28 heavy (non-hydrogen) atoms. The van der Waals surface area contributed by atoms with Crippen molar-refractivity contribution < 1.29 is 27.4 Å². The van der Waals surface area contributed by atoms with E-state index in [1.807, 2.05) is 0 Å². The molecule has 0 saturated carbocycles. The van der Waals surface area contributed by atoms with E-state index in [0.29, 0.717) is 5.75 Å². The number of halogens is 3. The van der Waals surface area contributed by atoms with E-state index >= 15 is 0 Å². The van der Waals surface area contributed by atoms with Gasteiger partial charge in [0.25, 0.3) is 11.5 Å². The molecular weight excluding hydrogens is 377 g/mol. The van der Waals surface area contributed by atoms with Crippen molar-refractivity contribution in [3.8, 4) is 11.5 Å². The van der Waals surface area contributed by atoms with Crippen molar-refractivity contribution in [2.24, 2.45) is 0 Å². The molecular formula is C19H21F3N2O4. The van der Waals surface area contributed by atoms with Gasteiger partial charge in [-0.05, 0) is 31.9 Å². The fourth-order valence-corrected chi connectivity index (χ4v) is 3.63. The third-order valence-electron chi connectivity index (χ3n) is 5.05. The SMILES string of the molecule is CCn1cc(C(=O)N2CCCC2C(F)(F)F)c2cc(OC)c(OC)cc2c1=O. The molecule has 3 rings (SSSR count). The molecule has 1 aromatic carbocycles. The summed E-state index contributed by atoms with van der Waals surface area (Å²) in [4.78, 5) is 26.6. The summed E-state index contributed by atoms with van der Waals surface area (Å²) in [6, 6.07) is 1.09. The average Bonchev–Trinajstić information content (AvgIpc) is 3.17. The number of carbonyl (C=O) groups is 1. The van der Waals surface area contributed by atoms with Gasteiger partial charge in [0.2, 0.25) is 0 Å². The van der Waals surface area contributed by atoms with E-state index < -0.39 is 18.1 Å². The van der Waals surface area contributed by atoms with Crippen LogP contribution in [0.2, 0.25) is 0 Å². The van der Waals surface area contributed by atoms with Crippen molar-refractivity contribution in [1.29, 1.82) is 0 Å². The topological polar surface area (TPSA) is 60.8 Å². The maximum Gasteiger partial charge on any atom is 0.408 e. The zero-order valence-corrected chi connectivity index (χ0v) is 15.8. The lowest BCUT2D eigenvalue weighted by Gasteiger charge is -2.27. The van der Waals surface area contributed by atoms with Crippen molar-refractivity contribution in [2.75, 3.05) is 20.8 Å². The minimum absolute atomic E-state index is 0.0169. The van der Waals surface area contributed by atoms with E-state index in [4.69, 9.17) is 9.47 Å². The van der Waals surface area contributed by atoms with Crippen LogP contribution in [0.3, 0.4) is 0 Å². The van der Waals surface area contributed by atoms with Gasteiger partial charge in [-0.3, -0.25) is 9.59 Å². The number of aromatic nitrogens is 1. The minimum Gasteiger partial charge on any atom is -0.493 e. The number of fused-ring (bicyclic) bond motifs is 1. The normalized spacial score (nSPS) is 17.2. The number of likely N-dealkylation sites (tertiary alicyclic amines) is 1. The lowest BCUT2D eigenvalue weighted by atomic mass is 10.0. The Balaban J connectivity index is 2.23. The highest BCUT2D eigenvalue weighted by Gasteiger charge is 2.48. The van der Waals surface area contributed by atoms with Gasteiger partial charge in [0.1, 0.15) is 6.04 Å². The third-order valence-corrected chi connectivity index (χ3v) is 5.05. The van der Waals surface area contributed by atoms with Gasteiger partial charge >= 0.3 is 6.18 Å². The molecule has 1 fully saturated rings. The number of pyridine rings is 1. The van der Waals surface area contributed by atoms with Crippen LogP contribution in [0.1, 0.15) is 30.1 Å². The molecule has 1 amide bonds. The lowest BCUT2D eigenvalue weighted by Crippen LogP contribution is -2.44. The maximum absolute atomic E-state index is 13.3. The molecule has 1 atom stereocenters. The van der Waals surface area contributed by atoms with Crippen LogP contribution in [-0.2, 0) is 6.54 Å². The number of aryl methyl sites for hydroxylation is 1. The van der Waals surface area contributed by atoms with Crippen LogP contribution in [0.4, 0.5) is 13.2 Å². The van der Waals surface area contributed by atoms with Crippen molar-refractivity contribution in [3.05, 3.63) is 34.2 Å². The van der Waals surface area contributed by atoms with E-state index in [0.717, 1.165) is 4.90 Å². The molecule has 1 aliphatic rings. The van der Waals surface area contributed by atoms with Crippen LogP contribution >= 0.6 is 0 Å². The first-order valence-electron chi connectivity index (χ1n) is 8.89. The van der Waals surface area contributed by atoms with Crippen molar-refractivity contribution in [1.82, 2.24) is 9.47 Å². The zero-order chi connectivity index (χ0) is 20.6. The average molecular weight is 398 g/mol. The van der Waals surface area contributed by atoms with Crippen molar-refractivity contribution >= 4 is 16.7 Å². The van der Waals surface area contributed by atoms with Gasteiger partial charge in [-0.1, -0.05) is 0 Å². The Morgan fingerprint density at radius 1 is 1.18 bits per heavy atom. The number of hydrogen-bond donors (Lipinski definition) is 0. The minimum atomic E-state index is -4.50. The van der Waals surface area contributed by atoms with Crippen LogP contribution in [-0.4, -0.2) is 48.4 Å². The van der Waals surface area contributed by atoms with Crippen LogP contribution in [0.15, 0.2) is 23.1 Å². The number of amides is 1. The molecule has 0 aliphatic carbocycles. The number of ether oxygens (including phenoxy) is 2. The van der Waals surface area contributed by atoms with Gasteiger partial charge in [0.15, 0.2) is 11.5 Å². The number of hydrogen-bond acceptors (Lipinski definition) is 4. The first-order chi connectivity index (χ1) is 13.2. The Bertz CT molecular complexity index is 968. The molecule has 1 aromatic heterocycles. The molecule has 2 heterocycles. The predicted molar refractivity (Wildman–Crippen MR) is 97.1 cm³/mol. The van der Waals surface area contributed by atoms with Crippen LogP contribution in [0, 0.1) is 0 Å². The molecule has 1 unspecified atom stereocenters. The molecule has 0 spiro atoms. The maximum atomic E-state index is 13.3. The Kier molecular flexibility index (Phi) is 5.27. The predicted octanol–water partition coefficient (Wildman–Crippen LogP) is 3.21. The van der Waals surface area contributed by atoms with E-state index in [-0.39, 0.29) is 53.6 Å². The Labute approximate surface area is 159 Å². The molecule has 0 bridgehead atoms. The molecule has 152 valence electrons. The molecule has 1 aliphatic heterocycles. The number of benzene rings is 1. The number of alkyl halides is 3. The number of methoxy groups -OCH3 is 2. The Hall–Kier alpha value is -2.71. The van der Waals surface area contributed by atoms with Gasteiger partial charge in [-0.2, -0.15) is 13.2 Å². The summed E-state index contributed by atoms with van der Waals surface area (Å²) < 4.78 is 51.8. The quantitative estimate of drug-likeness (QED) is 0.794. The Morgan fingerprint density at radius 3 is 2.32 bits per heavy atom. The second kappa shape index (κ2) is 7.37. The van der Waals surface area contributed by atoms with Gasteiger partial charge in [-0.25, -0.2) is 0 Å². The highest BCUT2D eigenvalue weighted by molar-refractivity contribution is 6.07. The van der Waals surface area contributed by atoms with E-state index in [2.05, 4.69) is 0 Å². The smallest absolute Gasteiger partial charge is 0.408 e. The highest BCUT2D eigenvalue weighted by Crippen LogP contribution is 2.36. The first kappa shape index (κ1) is 20.0. The fourth-order valence-electron chi connectivity index (χ4n) is 3.63. The summed E-state index contributed by atoms with van der Waals surface area (Å²) in [5.74, 6) is -0.167. The summed E-state index contributed by atoms with van der Waals surface area (Å²) >= 11 is 0. The second-order valence-electron chi connectivity index (χ2n) is 6.58. The molecule has 9 heteroatoms. The van der Waals surface area contributed by atoms with Crippen LogP contribution in [0.25, 0.3) is 10.8 Å². The zero-order valence-electron chi connectivity index (χ0n) is 15.8. The summed E-state index contributed by atoms with van der Waals surface area (Å²) in [7, 11) is 2.81. The molecule has 0 radical (unpaired) electrons. The first-order valence-corrected chi connectivity index (χ1v) is 8.89. The largest absolute Gasteiger partial charge is 0.493 e. The van der Waals surface area contributed by atoms with Crippen molar-refractivity contribution in [2.45, 2.75) is 38.5 Å². The van der Waals surface area contributed by atoms with Gasteiger partial charge in [0.05, 0.1) is 25.2 Å².